The van der Waals surface area contributed by atoms with Gasteiger partial charge in [-0.2, -0.15) is 0 Å². The quantitative estimate of drug-likeness (QED) is 0.468. The van der Waals surface area contributed by atoms with Crippen molar-refractivity contribution in [2.75, 3.05) is 0 Å². The minimum Gasteiger partial charge on any atom is -0.456 e. The van der Waals surface area contributed by atoms with E-state index in [4.69, 9.17) is 9.72 Å². The molecule has 0 unspecified atom stereocenters. The van der Waals surface area contributed by atoms with Crippen LogP contribution in [0.4, 0.5) is 0 Å². The lowest BCUT2D eigenvalue weighted by atomic mass is 9.84. The molecular formula is C23H21N3O3S. The van der Waals surface area contributed by atoms with E-state index < -0.39 is 0 Å². The van der Waals surface area contributed by atoms with Crippen molar-refractivity contribution in [2.24, 2.45) is 5.92 Å². The highest BCUT2D eigenvalue weighted by molar-refractivity contribution is 7.15. The predicted octanol–water partition coefficient (Wildman–Crippen LogP) is 4.09. The molecule has 30 heavy (non-hydrogen) atoms. The Morgan fingerprint density at radius 1 is 1.30 bits per heavy atom. The predicted molar refractivity (Wildman–Crippen MR) is 116 cm³/mol. The Morgan fingerprint density at radius 2 is 2.13 bits per heavy atom. The van der Waals surface area contributed by atoms with Gasteiger partial charge in [-0.3, -0.25) is 14.2 Å². The van der Waals surface area contributed by atoms with E-state index in [2.05, 4.69) is 11.9 Å². The first-order valence-corrected chi connectivity index (χ1v) is 10.9. The second-order valence-electron chi connectivity index (χ2n) is 7.93. The Bertz CT molecular complexity index is 1360. The van der Waals surface area contributed by atoms with Crippen LogP contribution in [0.1, 0.15) is 46.3 Å². The smallest absolute Gasteiger partial charge is 0.339 e. The largest absolute Gasteiger partial charge is 0.456 e. The van der Waals surface area contributed by atoms with E-state index in [0.717, 1.165) is 47.1 Å². The summed E-state index contributed by atoms with van der Waals surface area (Å²) >= 11 is 1.40. The van der Waals surface area contributed by atoms with E-state index >= 15 is 0 Å². The number of pyridine rings is 1. The van der Waals surface area contributed by atoms with E-state index in [0.29, 0.717) is 22.1 Å². The highest BCUT2D eigenvalue weighted by Gasteiger charge is 2.26. The Morgan fingerprint density at radius 3 is 3.00 bits per heavy atom. The van der Waals surface area contributed by atoms with Crippen molar-refractivity contribution < 1.29 is 9.53 Å². The Balaban J connectivity index is 1.51. The number of nitrogens with zero attached hydrogens (tertiary/aromatic N) is 3. The van der Waals surface area contributed by atoms with Crippen molar-refractivity contribution in [2.45, 2.75) is 39.7 Å². The molecule has 0 spiro atoms. The van der Waals surface area contributed by atoms with Gasteiger partial charge in [-0.25, -0.2) is 9.78 Å². The van der Waals surface area contributed by atoms with Crippen LogP contribution in [-0.2, 0) is 24.2 Å². The van der Waals surface area contributed by atoms with Crippen LogP contribution in [0.3, 0.4) is 0 Å². The zero-order chi connectivity index (χ0) is 20.8. The topological polar surface area (TPSA) is 73.6 Å². The molecule has 0 N–H and O–H groups in total. The molecule has 1 aliphatic carbocycles. The van der Waals surface area contributed by atoms with Crippen molar-refractivity contribution in [1.29, 1.82) is 0 Å². The van der Waals surface area contributed by atoms with Crippen LogP contribution in [0.15, 0.2) is 40.5 Å². The molecule has 0 saturated heterocycles. The van der Waals surface area contributed by atoms with Crippen LogP contribution in [0.5, 0.6) is 0 Å². The number of fused-ring (bicyclic) bond motifs is 3. The van der Waals surface area contributed by atoms with Crippen LogP contribution in [-0.4, -0.2) is 20.3 Å². The second kappa shape index (κ2) is 7.32. The summed E-state index contributed by atoms with van der Waals surface area (Å²) in [5.41, 5.74) is 4.54. The maximum atomic E-state index is 13.2. The molecule has 4 aromatic rings. The summed E-state index contributed by atoms with van der Waals surface area (Å²) in [4.78, 5) is 35.5. The van der Waals surface area contributed by atoms with Gasteiger partial charge in [0.25, 0.3) is 5.56 Å². The summed E-state index contributed by atoms with van der Waals surface area (Å²) in [7, 11) is 0. The van der Waals surface area contributed by atoms with Crippen molar-refractivity contribution >= 4 is 33.2 Å². The third kappa shape index (κ3) is 3.19. The number of esters is 1. The van der Waals surface area contributed by atoms with Gasteiger partial charge in [0.05, 0.1) is 16.8 Å². The number of hydrogen-bond donors (Lipinski definition) is 0. The minimum atomic E-state index is -0.386. The van der Waals surface area contributed by atoms with Crippen LogP contribution >= 0.6 is 11.3 Å². The molecule has 3 heterocycles. The fourth-order valence-electron chi connectivity index (χ4n) is 4.18. The standard InChI is InChI=1S/C23H21N3O3S/c1-13-7-8-19-17(9-13)21(16-5-3-4-6-18(16)25-19)22(28)29-11-15-10-20(27)26-14(2)12-30-23(26)24-15/h3-6,10,12-13H,7-9,11H2,1-2H3/t13-/m0/s1. The van der Waals surface area contributed by atoms with E-state index in [1.54, 1.807) is 4.40 Å². The SMILES string of the molecule is Cc1csc2nc(COC(=O)c3c4c(nc5ccccc35)CC[C@H](C)C4)cc(=O)n12. The summed E-state index contributed by atoms with van der Waals surface area (Å²) in [6.45, 7) is 4.02. The van der Waals surface area contributed by atoms with Crippen LogP contribution < -0.4 is 5.56 Å². The Kier molecular flexibility index (Phi) is 4.62. The van der Waals surface area contributed by atoms with Gasteiger partial charge in [-0.05, 0) is 43.7 Å². The third-order valence-electron chi connectivity index (χ3n) is 5.69. The van der Waals surface area contributed by atoms with Gasteiger partial charge >= 0.3 is 5.97 Å². The van der Waals surface area contributed by atoms with Gasteiger partial charge in [-0.1, -0.05) is 25.1 Å². The summed E-state index contributed by atoms with van der Waals surface area (Å²) in [5, 5.41) is 2.70. The lowest BCUT2D eigenvalue weighted by Gasteiger charge is -2.24. The molecule has 152 valence electrons. The van der Waals surface area contributed by atoms with Crippen LogP contribution in [0.25, 0.3) is 15.9 Å². The van der Waals surface area contributed by atoms with E-state index in [1.807, 2.05) is 36.6 Å². The van der Waals surface area contributed by atoms with Gasteiger partial charge in [0.15, 0.2) is 4.96 Å². The normalized spacial score (nSPS) is 16.0. The molecule has 0 amide bonds. The number of hydrogen-bond acceptors (Lipinski definition) is 6. The molecule has 3 aromatic heterocycles. The highest BCUT2D eigenvalue weighted by Crippen LogP contribution is 2.32. The molecule has 7 heteroatoms. The maximum Gasteiger partial charge on any atom is 0.339 e. The number of aromatic nitrogens is 3. The van der Waals surface area contributed by atoms with E-state index in [1.165, 1.54) is 17.4 Å². The highest BCUT2D eigenvalue weighted by atomic mass is 32.1. The van der Waals surface area contributed by atoms with E-state index in [9.17, 15) is 9.59 Å². The van der Waals surface area contributed by atoms with Crippen LogP contribution in [0, 0.1) is 12.8 Å². The first kappa shape index (κ1) is 18.9. The van der Waals surface area contributed by atoms with Gasteiger partial charge in [0, 0.05) is 28.2 Å². The number of thiazole rings is 1. The summed E-state index contributed by atoms with van der Waals surface area (Å²) in [6.07, 6.45) is 2.76. The number of rotatable bonds is 3. The zero-order valence-corrected chi connectivity index (χ0v) is 17.7. The molecule has 6 nitrogen and oxygen atoms in total. The molecule has 5 rings (SSSR count). The average molecular weight is 420 g/mol. The monoisotopic (exact) mass is 419 g/mol. The average Bonchev–Trinajstić information content (AvgIpc) is 3.11. The van der Waals surface area contributed by atoms with Gasteiger partial charge in [-0.15, -0.1) is 11.3 Å². The molecule has 1 atom stereocenters. The third-order valence-corrected chi connectivity index (χ3v) is 6.63. The van der Waals surface area contributed by atoms with Crippen molar-refractivity contribution in [1.82, 2.24) is 14.4 Å². The number of ether oxygens (including phenoxy) is 1. The molecule has 1 aromatic carbocycles. The second-order valence-corrected chi connectivity index (χ2v) is 8.77. The number of benzene rings is 1. The number of carbonyl (C=O) groups excluding carboxylic acids is 1. The molecule has 0 bridgehead atoms. The van der Waals surface area contributed by atoms with Crippen molar-refractivity contribution in [3.05, 3.63) is 74.3 Å². The fourth-order valence-corrected chi connectivity index (χ4v) is 5.07. The van der Waals surface area contributed by atoms with Gasteiger partial charge < -0.3 is 4.74 Å². The first-order chi connectivity index (χ1) is 14.5. The van der Waals surface area contributed by atoms with E-state index in [-0.39, 0.29) is 18.1 Å². The van der Waals surface area contributed by atoms with Crippen molar-refractivity contribution in [3.8, 4) is 0 Å². The minimum absolute atomic E-state index is 0.0392. The number of carbonyl (C=O) groups is 1. The molecule has 0 fully saturated rings. The fraction of sp³-hybridized carbons (Fsp3) is 0.304. The first-order valence-electron chi connectivity index (χ1n) is 10.1. The molecule has 0 aliphatic heterocycles. The van der Waals surface area contributed by atoms with Gasteiger partial charge in [0.1, 0.15) is 6.61 Å². The lowest BCUT2D eigenvalue weighted by Crippen LogP contribution is -2.20. The molecule has 1 aliphatic rings. The van der Waals surface area contributed by atoms with Gasteiger partial charge in [0.2, 0.25) is 0 Å². The molecule has 0 saturated carbocycles. The summed E-state index contributed by atoms with van der Waals surface area (Å²) in [6, 6.07) is 9.12. The number of para-hydroxylation sites is 1. The Labute approximate surface area is 177 Å². The van der Waals surface area contributed by atoms with Crippen LogP contribution in [0.2, 0.25) is 0 Å². The molecule has 0 radical (unpaired) electrons. The summed E-state index contributed by atoms with van der Waals surface area (Å²) < 4.78 is 7.22. The summed E-state index contributed by atoms with van der Waals surface area (Å²) in [5.74, 6) is 0.113. The van der Waals surface area contributed by atoms with Crippen molar-refractivity contribution in [3.63, 3.8) is 0 Å². The zero-order valence-electron chi connectivity index (χ0n) is 16.8. The Hall–Kier alpha value is -3.06. The number of aryl methyl sites for hydroxylation is 2. The molecular weight excluding hydrogens is 398 g/mol. The lowest BCUT2D eigenvalue weighted by molar-refractivity contribution is 0.0468. The maximum absolute atomic E-state index is 13.2.